The van der Waals surface area contributed by atoms with Crippen molar-refractivity contribution in [3.63, 3.8) is 0 Å². The normalized spacial score (nSPS) is 10.4. The van der Waals surface area contributed by atoms with Crippen LogP contribution in [0.2, 0.25) is 0 Å². The molecule has 0 saturated heterocycles. The third-order valence-electron chi connectivity index (χ3n) is 2.54. The van der Waals surface area contributed by atoms with Crippen LogP contribution >= 0.6 is 11.8 Å². The molecule has 0 amide bonds. The van der Waals surface area contributed by atoms with Crippen molar-refractivity contribution >= 4 is 17.4 Å². The van der Waals surface area contributed by atoms with Gasteiger partial charge in [0.2, 0.25) is 0 Å². The molecule has 0 aliphatic rings. The molecular formula is C13H11FN2O2S. The average Bonchev–Trinajstić information content (AvgIpc) is 2.41. The molecule has 0 aliphatic carbocycles. The van der Waals surface area contributed by atoms with Gasteiger partial charge in [0, 0.05) is 12.6 Å². The van der Waals surface area contributed by atoms with Crippen molar-refractivity contribution in [3.05, 3.63) is 64.0 Å². The zero-order valence-corrected chi connectivity index (χ0v) is 10.7. The third-order valence-corrected chi connectivity index (χ3v) is 3.77. The minimum Gasteiger partial charge on any atom is -0.326 e. The van der Waals surface area contributed by atoms with Gasteiger partial charge in [-0.1, -0.05) is 36.0 Å². The second-order valence-electron chi connectivity index (χ2n) is 3.76. The molecule has 0 radical (unpaired) electrons. The van der Waals surface area contributed by atoms with E-state index in [1.165, 1.54) is 12.1 Å². The molecule has 2 aromatic rings. The number of nitrogens with two attached hydrogens (primary N) is 1. The Bertz CT molecular complexity index is 619. The highest BCUT2D eigenvalue weighted by Gasteiger charge is 2.17. The number of hydrogen-bond acceptors (Lipinski definition) is 4. The Morgan fingerprint density at radius 3 is 2.63 bits per heavy atom. The fourth-order valence-corrected chi connectivity index (χ4v) is 2.69. The van der Waals surface area contributed by atoms with Crippen LogP contribution < -0.4 is 5.73 Å². The molecule has 0 heterocycles. The van der Waals surface area contributed by atoms with Crippen molar-refractivity contribution in [1.82, 2.24) is 0 Å². The van der Waals surface area contributed by atoms with Crippen LogP contribution in [0.15, 0.2) is 52.3 Å². The van der Waals surface area contributed by atoms with Crippen molar-refractivity contribution < 1.29 is 9.31 Å². The quantitative estimate of drug-likeness (QED) is 0.688. The Morgan fingerprint density at radius 1 is 1.21 bits per heavy atom. The monoisotopic (exact) mass is 278 g/mol. The van der Waals surface area contributed by atoms with Gasteiger partial charge < -0.3 is 5.73 Å². The van der Waals surface area contributed by atoms with E-state index in [9.17, 15) is 14.5 Å². The number of rotatable bonds is 4. The van der Waals surface area contributed by atoms with Gasteiger partial charge in [-0.3, -0.25) is 10.1 Å². The van der Waals surface area contributed by atoms with Crippen molar-refractivity contribution in [1.29, 1.82) is 0 Å². The predicted octanol–water partition coefficient (Wildman–Crippen LogP) is 3.34. The molecule has 98 valence electrons. The summed E-state index contributed by atoms with van der Waals surface area (Å²) in [4.78, 5) is 11.2. The molecule has 0 bridgehead atoms. The number of halogens is 1. The second-order valence-corrected chi connectivity index (χ2v) is 4.81. The maximum Gasteiger partial charge on any atom is 0.283 e. The van der Waals surface area contributed by atoms with Crippen LogP contribution in [0.3, 0.4) is 0 Å². The molecule has 0 fully saturated rings. The number of hydrogen-bond donors (Lipinski definition) is 1. The summed E-state index contributed by atoms with van der Waals surface area (Å²) in [6.45, 7) is 0.181. The summed E-state index contributed by atoms with van der Waals surface area (Å²) in [6.07, 6.45) is 0. The van der Waals surface area contributed by atoms with Crippen molar-refractivity contribution in [2.24, 2.45) is 5.73 Å². The fourth-order valence-electron chi connectivity index (χ4n) is 1.63. The summed E-state index contributed by atoms with van der Waals surface area (Å²) in [5, 5.41) is 10.9. The number of benzene rings is 2. The van der Waals surface area contributed by atoms with Gasteiger partial charge in [-0.2, -0.15) is 0 Å². The number of nitro groups is 1. The van der Waals surface area contributed by atoms with Gasteiger partial charge in [0.15, 0.2) is 0 Å². The van der Waals surface area contributed by atoms with Crippen LogP contribution in [0.4, 0.5) is 10.1 Å². The largest absolute Gasteiger partial charge is 0.326 e. The lowest BCUT2D eigenvalue weighted by Gasteiger charge is -2.08. The van der Waals surface area contributed by atoms with Gasteiger partial charge in [0.1, 0.15) is 5.82 Å². The molecule has 0 aliphatic heterocycles. The molecule has 0 spiro atoms. The molecule has 0 saturated carbocycles. The van der Waals surface area contributed by atoms with Gasteiger partial charge in [-0.05, 0) is 17.7 Å². The summed E-state index contributed by atoms with van der Waals surface area (Å²) >= 11 is 1.02. The highest BCUT2D eigenvalue weighted by Crippen LogP contribution is 2.37. The van der Waals surface area contributed by atoms with Crippen molar-refractivity contribution in [2.75, 3.05) is 0 Å². The molecule has 2 N–H and O–H groups in total. The first-order valence-electron chi connectivity index (χ1n) is 5.52. The van der Waals surface area contributed by atoms with E-state index in [1.54, 1.807) is 30.3 Å². The van der Waals surface area contributed by atoms with Gasteiger partial charge in [-0.25, -0.2) is 4.39 Å². The van der Waals surface area contributed by atoms with Gasteiger partial charge >= 0.3 is 0 Å². The van der Waals surface area contributed by atoms with Crippen LogP contribution in [-0.2, 0) is 6.54 Å². The van der Waals surface area contributed by atoms with Gasteiger partial charge in [0.05, 0.1) is 14.7 Å². The Kier molecular flexibility index (Phi) is 4.13. The first-order chi connectivity index (χ1) is 9.13. The third kappa shape index (κ3) is 2.91. The first-order valence-corrected chi connectivity index (χ1v) is 6.34. The Hall–Kier alpha value is -1.92. The maximum absolute atomic E-state index is 13.8. The van der Waals surface area contributed by atoms with Crippen LogP contribution in [0.25, 0.3) is 0 Å². The fraction of sp³-hybridized carbons (Fsp3) is 0.0769. The lowest BCUT2D eigenvalue weighted by atomic mass is 10.2. The molecule has 2 rings (SSSR count). The topological polar surface area (TPSA) is 69.2 Å². The summed E-state index contributed by atoms with van der Waals surface area (Å²) in [5.41, 5.74) is 6.14. The number of nitro benzene ring substituents is 1. The maximum atomic E-state index is 13.8. The van der Waals surface area contributed by atoms with E-state index >= 15 is 0 Å². The predicted molar refractivity (Wildman–Crippen MR) is 71.5 cm³/mol. The smallest absolute Gasteiger partial charge is 0.283 e. The lowest BCUT2D eigenvalue weighted by Crippen LogP contribution is -2.00. The first kappa shape index (κ1) is 13.5. The van der Waals surface area contributed by atoms with E-state index in [4.69, 9.17) is 5.73 Å². The molecule has 19 heavy (non-hydrogen) atoms. The van der Waals surface area contributed by atoms with E-state index < -0.39 is 10.7 Å². The summed E-state index contributed by atoms with van der Waals surface area (Å²) in [5.74, 6) is -0.425. The van der Waals surface area contributed by atoms with Crippen molar-refractivity contribution in [2.45, 2.75) is 16.3 Å². The van der Waals surface area contributed by atoms with Crippen LogP contribution in [0.1, 0.15) is 5.56 Å². The Balaban J connectivity index is 2.45. The van der Waals surface area contributed by atoms with Crippen LogP contribution in [0, 0.1) is 15.9 Å². The summed E-state index contributed by atoms with van der Waals surface area (Å²) < 4.78 is 13.8. The molecular weight excluding hydrogens is 267 g/mol. The summed E-state index contributed by atoms with van der Waals surface area (Å²) in [6, 6.07) is 10.8. The number of para-hydroxylation sites is 1. The lowest BCUT2D eigenvalue weighted by molar-refractivity contribution is -0.387. The molecule has 2 aromatic carbocycles. The molecule has 6 heteroatoms. The average molecular weight is 278 g/mol. The van der Waals surface area contributed by atoms with Gasteiger partial charge in [-0.15, -0.1) is 0 Å². The zero-order valence-electron chi connectivity index (χ0n) is 9.88. The Labute approximate surface area is 113 Å². The zero-order chi connectivity index (χ0) is 13.8. The minimum absolute atomic E-state index is 0.0428. The molecule has 0 unspecified atom stereocenters. The van der Waals surface area contributed by atoms with E-state index in [1.807, 2.05) is 0 Å². The van der Waals surface area contributed by atoms with Crippen molar-refractivity contribution in [3.8, 4) is 0 Å². The van der Waals surface area contributed by atoms with Gasteiger partial charge in [0.25, 0.3) is 5.69 Å². The second kappa shape index (κ2) is 5.81. The van der Waals surface area contributed by atoms with E-state index in [-0.39, 0.29) is 12.2 Å². The highest BCUT2D eigenvalue weighted by atomic mass is 32.2. The molecule has 4 nitrogen and oxygen atoms in total. The SMILES string of the molecule is NCc1cccc(F)c1Sc1ccccc1[N+](=O)[O-]. The minimum atomic E-state index is -0.481. The van der Waals surface area contributed by atoms with Crippen LogP contribution in [0.5, 0.6) is 0 Å². The van der Waals surface area contributed by atoms with Crippen LogP contribution in [-0.4, -0.2) is 4.92 Å². The van der Waals surface area contributed by atoms with E-state index in [2.05, 4.69) is 0 Å². The molecule has 0 atom stereocenters. The highest BCUT2D eigenvalue weighted by molar-refractivity contribution is 7.99. The summed E-state index contributed by atoms with van der Waals surface area (Å²) in [7, 11) is 0. The molecule has 0 aromatic heterocycles. The van der Waals surface area contributed by atoms with E-state index in [0.717, 1.165) is 11.8 Å². The Morgan fingerprint density at radius 2 is 1.95 bits per heavy atom. The van der Waals surface area contributed by atoms with E-state index in [0.29, 0.717) is 15.4 Å². The number of nitrogens with zero attached hydrogens (tertiary/aromatic N) is 1. The standard InChI is InChI=1S/C13H11FN2O2S/c14-10-5-3-4-9(8-15)13(10)19-12-7-2-1-6-11(12)16(17)18/h1-7H,8,15H2.